The summed E-state index contributed by atoms with van der Waals surface area (Å²) in [4.78, 5) is 33.4. The number of H-pyrrole nitrogens is 1. The summed E-state index contributed by atoms with van der Waals surface area (Å²) in [7, 11) is 0. The van der Waals surface area contributed by atoms with E-state index in [1.165, 1.54) is 6.07 Å². The molecule has 29 heavy (non-hydrogen) atoms. The van der Waals surface area contributed by atoms with Crippen molar-refractivity contribution in [2.24, 2.45) is 0 Å². The molecule has 152 valence electrons. The van der Waals surface area contributed by atoms with Crippen LogP contribution in [0.15, 0.2) is 39.6 Å². The highest BCUT2D eigenvalue weighted by molar-refractivity contribution is 5.91. The average molecular weight is 398 g/mol. The van der Waals surface area contributed by atoms with Gasteiger partial charge in [-0.15, -0.1) is 0 Å². The minimum atomic E-state index is -0.619. The van der Waals surface area contributed by atoms with Gasteiger partial charge in [-0.2, -0.15) is 4.98 Å². The normalized spacial score (nSPS) is 17.5. The van der Waals surface area contributed by atoms with Crippen molar-refractivity contribution < 1.29 is 18.8 Å². The molecule has 1 fully saturated rings. The van der Waals surface area contributed by atoms with Crippen LogP contribution in [0.1, 0.15) is 32.6 Å². The van der Waals surface area contributed by atoms with Crippen LogP contribution in [0, 0.1) is 0 Å². The molecule has 3 heterocycles. The molecule has 9 heteroatoms. The number of nitrogens with one attached hydrogen (secondary N) is 1. The number of hydrogen-bond acceptors (Lipinski definition) is 7. The second kappa shape index (κ2) is 7.32. The lowest BCUT2D eigenvalue weighted by atomic mass is 10.1. The maximum absolute atomic E-state index is 12.6. The predicted octanol–water partition coefficient (Wildman–Crippen LogP) is 2.89. The minimum Gasteiger partial charge on any atom is -0.444 e. The Hall–Kier alpha value is -3.20. The molecule has 1 saturated heterocycles. The number of benzene rings is 1. The van der Waals surface area contributed by atoms with Crippen molar-refractivity contribution in [2.45, 2.75) is 32.4 Å². The molecule has 1 aliphatic heterocycles. The summed E-state index contributed by atoms with van der Waals surface area (Å²) in [6.45, 7) is 6.42. The first-order valence-electron chi connectivity index (χ1n) is 9.35. The Balaban J connectivity index is 1.68. The maximum atomic E-state index is 12.6. The van der Waals surface area contributed by atoms with Gasteiger partial charge in [-0.1, -0.05) is 23.4 Å². The van der Waals surface area contributed by atoms with E-state index in [-0.39, 0.29) is 18.1 Å². The Labute approximate surface area is 166 Å². The standard InChI is InChI=1S/C20H22N4O5/c1-20(2,3)28-19(26)24-8-9-27-11-15(24)17-22-18(29-23-17)13-10-16(25)21-14-7-5-4-6-12(13)14/h4-7,10,15H,8-9,11H2,1-3H3,(H,21,25). The molecule has 9 nitrogen and oxygen atoms in total. The largest absolute Gasteiger partial charge is 0.444 e. The number of carbonyl (C=O) groups is 1. The molecule has 1 unspecified atom stereocenters. The van der Waals surface area contributed by atoms with Crippen molar-refractivity contribution in [3.8, 4) is 11.5 Å². The number of carbonyl (C=O) groups excluding carboxylic acids is 1. The summed E-state index contributed by atoms with van der Waals surface area (Å²) in [5, 5.41) is 4.84. The molecule has 3 aromatic rings. The fourth-order valence-electron chi connectivity index (χ4n) is 3.22. The molecule has 0 saturated carbocycles. The van der Waals surface area contributed by atoms with Gasteiger partial charge in [0.05, 0.1) is 18.8 Å². The molecule has 4 rings (SSSR count). The predicted molar refractivity (Wildman–Crippen MR) is 104 cm³/mol. The molecule has 1 aliphatic rings. The Morgan fingerprint density at radius 3 is 2.90 bits per heavy atom. The van der Waals surface area contributed by atoms with E-state index in [1.54, 1.807) is 11.0 Å². The monoisotopic (exact) mass is 398 g/mol. The molecule has 1 aromatic carbocycles. The van der Waals surface area contributed by atoms with Crippen LogP contribution in [0.4, 0.5) is 4.79 Å². The van der Waals surface area contributed by atoms with Gasteiger partial charge in [0.2, 0.25) is 5.56 Å². The highest BCUT2D eigenvalue weighted by Gasteiger charge is 2.35. The number of rotatable bonds is 2. The number of morpholine rings is 1. The summed E-state index contributed by atoms with van der Waals surface area (Å²) in [6.07, 6.45) is -0.459. The van der Waals surface area contributed by atoms with E-state index >= 15 is 0 Å². The lowest BCUT2D eigenvalue weighted by Gasteiger charge is -2.34. The van der Waals surface area contributed by atoms with Crippen molar-refractivity contribution in [3.05, 3.63) is 46.5 Å². The SMILES string of the molecule is CC(C)(C)OC(=O)N1CCOCC1c1noc(-c2cc(=O)[nH]c3ccccc23)n1. The highest BCUT2D eigenvalue weighted by atomic mass is 16.6. The smallest absolute Gasteiger partial charge is 0.411 e. The number of para-hydroxylation sites is 1. The van der Waals surface area contributed by atoms with Gasteiger partial charge < -0.3 is 19.0 Å². The lowest BCUT2D eigenvalue weighted by Crippen LogP contribution is -2.46. The van der Waals surface area contributed by atoms with E-state index in [4.69, 9.17) is 14.0 Å². The van der Waals surface area contributed by atoms with Crippen molar-refractivity contribution in [1.82, 2.24) is 20.0 Å². The second-order valence-corrected chi connectivity index (χ2v) is 7.82. The van der Waals surface area contributed by atoms with E-state index in [1.807, 2.05) is 39.0 Å². The Kier molecular flexibility index (Phi) is 4.83. The summed E-state index contributed by atoms with van der Waals surface area (Å²) in [6, 6.07) is 8.24. The molecular formula is C20H22N4O5. The molecule has 1 atom stereocenters. The third-order valence-electron chi connectivity index (χ3n) is 4.48. The number of fused-ring (bicyclic) bond motifs is 1. The third kappa shape index (κ3) is 4.00. The van der Waals surface area contributed by atoms with Gasteiger partial charge >= 0.3 is 6.09 Å². The zero-order valence-corrected chi connectivity index (χ0v) is 16.5. The van der Waals surface area contributed by atoms with Gasteiger partial charge in [-0.25, -0.2) is 4.79 Å². The molecule has 1 amide bonds. The van der Waals surface area contributed by atoms with Crippen molar-refractivity contribution >= 4 is 17.0 Å². The van der Waals surface area contributed by atoms with Crippen LogP contribution in [0.25, 0.3) is 22.4 Å². The van der Waals surface area contributed by atoms with Crippen LogP contribution >= 0.6 is 0 Å². The van der Waals surface area contributed by atoms with Gasteiger partial charge in [-0.05, 0) is 26.8 Å². The zero-order chi connectivity index (χ0) is 20.6. The maximum Gasteiger partial charge on any atom is 0.411 e. The van der Waals surface area contributed by atoms with Crippen LogP contribution in [0.5, 0.6) is 0 Å². The molecule has 0 bridgehead atoms. The first kappa shape index (κ1) is 19.1. The average Bonchev–Trinajstić information content (AvgIpc) is 3.16. The van der Waals surface area contributed by atoms with Crippen LogP contribution in [0.2, 0.25) is 0 Å². The first-order valence-corrected chi connectivity index (χ1v) is 9.35. The van der Waals surface area contributed by atoms with Crippen LogP contribution in [-0.2, 0) is 9.47 Å². The number of amides is 1. The van der Waals surface area contributed by atoms with Crippen LogP contribution in [-0.4, -0.2) is 51.5 Å². The third-order valence-corrected chi connectivity index (χ3v) is 4.48. The summed E-state index contributed by atoms with van der Waals surface area (Å²) < 4.78 is 16.5. The molecular weight excluding hydrogens is 376 g/mol. The molecule has 0 radical (unpaired) electrons. The van der Waals surface area contributed by atoms with Crippen molar-refractivity contribution in [3.63, 3.8) is 0 Å². The lowest BCUT2D eigenvalue weighted by molar-refractivity contribution is -0.0354. The highest BCUT2D eigenvalue weighted by Crippen LogP contribution is 2.29. The molecule has 2 aromatic heterocycles. The Bertz CT molecular complexity index is 1100. The first-order chi connectivity index (χ1) is 13.8. The zero-order valence-electron chi connectivity index (χ0n) is 16.5. The van der Waals surface area contributed by atoms with Crippen LogP contribution in [0.3, 0.4) is 0 Å². The number of nitrogens with zero attached hydrogens (tertiary/aromatic N) is 3. The fourth-order valence-corrected chi connectivity index (χ4v) is 3.22. The Morgan fingerprint density at radius 1 is 1.31 bits per heavy atom. The van der Waals surface area contributed by atoms with Crippen LogP contribution < -0.4 is 5.56 Å². The summed E-state index contributed by atoms with van der Waals surface area (Å²) in [5.41, 5.74) is 0.316. The Morgan fingerprint density at radius 2 is 2.10 bits per heavy atom. The molecule has 0 spiro atoms. The van der Waals surface area contributed by atoms with E-state index < -0.39 is 17.7 Å². The number of ether oxygens (including phenoxy) is 2. The second-order valence-electron chi connectivity index (χ2n) is 7.82. The summed E-state index contributed by atoms with van der Waals surface area (Å²) >= 11 is 0. The quantitative estimate of drug-likeness (QED) is 0.706. The van der Waals surface area contributed by atoms with Gasteiger partial charge in [0.15, 0.2) is 5.82 Å². The number of hydrogen-bond donors (Lipinski definition) is 1. The van der Waals surface area contributed by atoms with Gasteiger partial charge in [0, 0.05) is 23.5 Å². The van der Waals surface area contributed by atoms with Gasteiger partial charge in [0.25, 0.3) is 5.89 Å². The van der Waals surface area contributed by atoms with Gasteiger partial charge in [0.1, 0.15) is 11.6 Å². The summed E-state index contributed by atoms with van der Waals surface area (Å²) in [5.74, 6) is 0.506. The fraction of sp³-hybridized carbons (Fsp3) is 0.400. The molecule has 1 N–H and O–H groups in total. The van der Waals surface area contributed by atoms with E-state index in [2.05, 4.69) is 15.1 Å². The van der Waals surface area contributed by atoms with E-state index in [9.17, 15) is 9.59 Å². The topological polar surface area (TPSA) is 111 Å². The number of pyridine rings is 1. The number of aromatic nitrogens is 3. The molecule has 0 aliphatic carbocycles. The van der Waals surface area contributed by atoms with Gasteiger partial charge in [-0.3, -0.25) is 9.69 Å². The van der Waals surface area contributed by atoms with E-state index in [0.29, 0.717) is 30.1 Å². The minimum absolute atomic E-state index is 0.206. The number of aromatic amines is 1. The van der Waals surface area contributed by atoms with Crippen molar-refractivity contribution in [2.75, 3.05) is 19.8 Å². The van der Waals surface area contributed by atoms with Crippen molar-refractivity contribution in [1.29, 1.82) is 0 Å². The van der Waals surface area contributed by atoms with E-state index in [0.717, 1.165) is 5.39 Å².